The quantitative estimate of drug-likeness (QED) is 0.0677. The molecule has 12 atom stereocenters. The fraction of sp³-hybridized carbons (Fsp3) is 0.826. The van der Waals surface area contributed by atoms with Gasteiger partial charge < -0.3 is 23.7 Å². The van der Waals surface area contributed by atoms with Gasteiger partial charge in [-0.1, -0.05) is 224 Å². The molecule has 2 aromatic carbocycles. The maximum Gasteiger partial charge on any atom is 0.244 e. The van der Waals surface area contributed by atoms with Crippen molar-refractivity contribution in [2.75, 3.05) is 0 Å². The van der Waals surface area contributed by atoms with E-state index in [0.29, 0.717) is 18.8 Å². The molecule has 0 saturated carbocycles. The number of hydrogen-bond acceptors (Lipinski definition) is 6. The SMILES string of the molecule is CC1=C(C)[C@@]23Oc4c(C)c(C)c5c(c4C[C@@]2(CC[C@@](C)(CCCC(C)CCCC(C)CCCC(C)C)O3)C2(Cc3c4c(c(C)c(C)c3O2)O[C@](C)(CCCC(C)CCCC(C)CCCC(C)C)CC4)C1=O)CC[C@@](C)(CCCC(C)CCCC(C)CCCC(C)C)O5. The Hall–Kier alpha value is -2.99. The van der Waals surface area contributed by atoms with E-state index in [9.17, 15) is 0 Å². The topological polar surface area (TPSA) is 63.2 Å². The van der Waals surface area contributed by atoms with Gasteiger partial charge in [0.2, 0.25) is 11.6 Å². The Morgan fingerprint density at radius 1 is 0.348 bits per heavy atom. The molecular formula is C86H142O6. The van der Waals surface area contributed by atoms with Gasteiger partial charge in [-0.25, -0.2) is 0 Å². The Bertz CT molecular complexity index is 2800. The predicted molar refractivity (Wildman–Crippen MR) is 389 cm³/mol. The highest BCUT2D eigenvalue weighted by Gasteiger charge is 2.79. The van der Waals surface area contributed by atoms with Gasteiger partial charge in [0.25, 0.3) is 0 Å². The van der Waals surface area contributed by atoms with Crippen molar-refractivity contribution in [1.29, 1.82) is 0 Å². The largest absolute Gasteiger partial charge is 0.487 e. The van der Waals surface area contributed by atoms with Gasteiger partial charge in [-0.15, -0.1) is 0 Å². The molecule has 5 heterocycles. The molecule has 1 aliphatic carbocycles. The van der Waals surface area contributed by atoms with E-state index in [0.717, 1.165) is 162 Å². The van der Waals surface area contributed by atoms with Crippen molar-refractivity contribution < 1.29 is 28.5 Å². The Morgan fingerprint density at radius 3 is 1.03 bits per heavy atom. The molecule has 1 fully saturated rings. The lowest BCUT2D eigenvalue weighted by Gasteiger charge is -2.66. The number of carbonyl (C=O) groups is 1. The first-order valence-electron chi connectivity index (χ1n) is 39.4. The number of carbonyl (C=O) groups excluding carboxylic acids is 1. The highest BCUT2D eigenvalue weighted by atomic mass is 16.7. The molecule has 2 aromatic rings. The molecule has 0 N–H and O–H groups in total. The van der Waals surface area contributed by atoms with E-state index in [1.165, 1.54) is 175 Å². The molecule has 5 aliphatic heterocycles. The lowest BCUT2D eigenvalue weighted by atomic mass is 9.49. The van der Waals surface area contributed by atoms with Crippen LogP contribution >= 0.6 is 0 Å². The summed E-state index contributed by atoms with van der Waals surface area (Å²) in [6.07, 6.45) is 41.0. The van der Waals surface area contributed by atoms with Crippen molar-refractivity contribution in [3.05, 3.63) is 55.7 Å². The highest BCUT2D eigenvalue weighted by Crippen LogP contribution is 2.70. The lowest BCUT2D eigenvalue weighted by Crippen LogP contribution is -2.78. The summed E-state index contributed by atoms with van der Waals surface area (Å²) < 4.78 is 39.0. The summed E-state index contributed by atoms with van der Waals surface area (Å²) in [5, 5.41) is 0. The van der Waals surface area contributed by atoms with Crippen molar-refractivity contribution >= 4 is 5.78 Å². The highest BCUT2D eigenvalue weighted by molar-refractivity contribution is 6.06. The zero-order valence-corrected chi connectivity index (χ0v) is 63.9. The van der Waals surface area contributed by atoms with Gasteiger partial charge in [0.05, 0.1) is 11.0 Å². The number of ether oxygens (including phenoxy) is 5. The molecule has 6 heteroatoms. The summed E-state index contributed by atoms with van der Waals surface area (Å²) in [4.78, 5) is 16.3. The van der Waals surface area contributed by atoms with Crippen molar-refractivity contribution in [3.63, 3.8) is 0 Å². The molecule has 92 heavy (non-hydrogen) atoms. The first-order valence-corrected chi connectivity index (χ1v) is 39.4. The number of ketones is 1. The van der Waals surface area contributed by atoms with Crippen LogP contribution in [0.15, 0.2) is 11.1 Å². The first-order chi connectivity index (χ1) is 43.4. The molecule has 7 unspecified atom stereocenters. The fourth-order valence-electron chi connectivity index (χ4n) is 18.7. The molecule has 8 rings (SSSR count). The minimum absolute atomic E-state index is 0.109. The number of fused-ring (bicyclic) bond motifs is 6. The number of rotatable bonds is 36. The molecule has 0 radical (unpaired) electrons. The standard InChI is InChI=1S/C86H142O6/c1-57(2)31-22-34-60(7)37-25-40-63(10)43-28-48-81(19)51-46-72-74-55-84-54-53-83(21,50-30-45-65(12)42-27-39-62(9)36-24-33-59(5)6)92-86(84,91-79(74)69(16)67(14)76(72)88-81)71(18)70(17)80(87)85(84)56-75-73-47-52-82(20,89-77(73)66(13)68(15)78(75)90-85)49-29-44-64(11)41-26-38-61(8)35-23-32-58(3)4/h57-65H,22-56H2,1-21H3/t60?,61?,62?,63?,64?,65?,81-,82-,83-,84+,85?,86+/m1/s1. The molecule has 1 spiro atoms. The number of benzene rings is 2. The summed E-state index contributed by atoms with van der Waals surface area (Å²) in [7, 11) is 0. The normalized spacial score (nSPS) is 27.7. The molecule has 522 valence electrons. The van der Waals surface area contributed by atoms with Crippen LogP contribution in [0.25, 0.3) is 0 Å². The minimum Gasteiger partial charge on any atom is -0.487 e. The number of hydrogen-bond donors (Lipinski definition) is 0. The van der Waals surface area contributed by atoms with Gasteiger partial charge in [-0.05, 0) is 215 Å². The Kier molecular flexibility index (Phi) is 25.8. The third-order valence-electron chi connectivity index (χ3n) is 25.7. The summed E-state index contributed by atoms with van der Waals surface area (Å²) >= 11 is 0. The molecule has 0 bridgehead atoms. The smallest absolute Gasteiger partial charge is 0.244 e. The molecule has 1 saturated heterocycles. The summed E-state index contributed by atoms with van der Waals surface area (Å²) in [6.45, 7) is 49.3. The second-order valence-electron chi connectivity index (χ2n) is 35.6. The van der Waals surface area contributed by atoms with Gasteiger partial charge in [-0.2, -0.15) is 0 Å². The van der Waals surface area contributed by atoms with Crippen molar-refractivity contribution in [2.24, 2.45) is 58.7 Å². The van der Waals surface area contributed by atoms with Crippen molar-refractivity contribution in [2.45, 2.75) is 398 Å². The summed E-state index contributed by atoms with van der Waals surface area (Å²) in [6, 6.07) is 0. The Balaban J connectivity index is 1.05. The van der Waals surface area contributed by atoms with Gasteiger partial charge in [0, 0.05) is 39.8 Å². The van der Waals surface area contributed by atoms with Crippen LogP contribution in [0.2, 0.25) is 0 Å². The maximum atomic E-state index is 16.3. The Morgan fingerprint density at radius 2 is 0.663 bits per heavy atom. The van der Waals surface area contributed by atoms with Gasteiger partial charge in [0.15, 0.2) is 5.60 Å². The Labute approximate surface area is 566 Å². The average Bonchev–Trinajstić information content (AvgIpc) is 1.13. The third-order valence-corrected chi connectivity index (χ3v) is 25.7. The van der Waals surface area contributed by atoms with Gasteiger partial charge in [0.1, 0.15) is 34.2 Å². The summed E-state index contributed by atoms with van der Waals surface area (Å²) in [5.74, 6) is 9.84. The van der Waals surface area contributed by atoms with E-state index in [1.54, 1.807) is 0 Å². The minimum atomic E-state index is -1.24. The van der Waals surface area contributed by atoms with E-state index in [4.69, 9.17) is 23.7 Å². The van der Waals surface area contributed by atoms with Gasteiger partial charge in [-0.3, -0.25) is 4.79 Å². The molecule has 6 nitrogen and oxygen atoms in total. The van der Waals surface area contributed by atoms with Crippen LogP contribution in [0.3, 0.4) is 0 Å². The zero-order valence-electron chi connectivity index (χ0n) is 63.9. The van der Waals surface area contributed by atoms with Crippen LogP contribution < -0.4 is 18.9 Å². The van der Waals surface area contributed by atoms with Crippen molar-refractivity contribution in [3.8, 4) is 23.0 Å². The summed E-state index contributed by atoms with van der Waals surface area (Å²) in [5.41, 5.74) is 8.13. The number of Topliss-reactive ketones (excluding diaryl/α,β-unsaturated/α-hetero) is 1. The lowest BCUT2D eigenvalue weighted by molar-refractivity contribution is -0.347. The van der Waals surface area contributed by atoms with E-state index in [-0.39, 0.29) is 17.0 Å². The maximum absolute atomic E-state index is 16.3. The predicted octanol–water partition coefficient (Wildman–Crippen LogP) is 24.9. The zero-order chi connectivity index (χ0) is 67.1. The second-order valence-corrected chi connectivity index (χ2v) is 35.6. The van der Waals surface area contributed by atoms with E-state index < -0.39 is 22.4 Å². The van der Waals surface area contributed by atoms with E-state index >= 15 is 4.79 Å². The van der Waals surface area contributed by atoms with Crippen LogP contribution in [0, 0.1) is 86.4 Å². The van der Waals surface area contributed by atoms with Crippen LogP contribution in [-0.2, 0) is 35.2 Å². The van der Waals surface area contributed by atoms with Crippen LogP contribution in [0.5, 0.6) is 23.0 Å². The first kappa shape index (κ1) is 74.8. The molecule has 6 aliphatic rings. The van der Waals surface area contributed by atoms with E-state index in [1.807, 2.05) is 0 Å². The van der Waals surface area contributed by atoms with E-state index in [2.05, 4.69) is 145 Å². The molecule has 0 amide bonds. The monoisotopic (exact) mass is 1270 g/mol. The van der Waals surface area contributed by atoms with Crippen molar-refractivity contribution in [1.82, 2.24) is 0 Å². The van der Waals surface area contributed by atoms with Crippen LogP contribution in [0.1, 0.15) is 361 Å². The fourth-order valence-corrected chi connectivity index (χ4v) is 18.7. The third kappa shape index (κ3) is 16.9. The van der Waals surface area contributed by atoms with Crippen LogP contribution in [-0.4, -0.2) is 34.0 Å². The van der Waals surface area contributed by atoms with Crippen LogP contribution in [0.4, 0.5) is 0 Å². The van der Waals surface area contributed by atoms with Gasteiger partial charge >= 0.3 is 0 Å². The molecular weight excluding hydrogens is 1130 g/mol. The molecule has 0 aromatic heterocycles. The average molecular weight is 1270 g/mol. The second kappa shape index (κ2) is 31.7.